The second-order valence-corrected chi connectivity index (χ2v) is 6.53. The standard InChI is InChI=1S/C17H19FN2OS/c18-14-7-5-13(6-8-14)17-20-15(11-22-17)9-10-19-16(21)12-3-1-2-4-12/h5-8,11-12H,1-4,9-10H2,(H,19,21). The van der Waals surface area contributed by atoms with Crippen molar-refractivity contribution in [3.63, 3.8) is 0 Å². The number of thiazole rings is 1. The van der Waals surface area contributed by atoms with E-state index < -0.39 is 0 Å². The molecular formula is C17H19FN2OS. The van der Waals surface area contributed by atoms with Crippen molar-refractivity contribution in [2.75, 3.05) is 6.54 Å². The van der Waals surface area contributed by atoms with Gasteiger partial charge in [-0.1, -0.05) is 12.8 Å². The van der Waals surface area contributed by atoms with E-state index in [1.54, 1.807) is 23.5 Å². The number of nitrogens with zero attached hydrogens (tertiary/aromatic N) is 1. The number of benzene rings is 1. The minimum Gasteiger partial charge on any atom is -0.355 e. The maximum absolute atomic E-state index is 12.9. The first-order valence-electron chi connectivity index (χ1n) is 7.70. The summed E-state index contributed by atoms with van der Waals surface area (Å²) in [5, 5.41) is 5.89. The van der Waals surface area contributed by atoms with Gasteiger partial charge in [-0.3, -0.25) is 4.79 Å². The summed E-state index contributed by atoms with van der Waals surface area (Å²) in [6.07, 6.45) is 5.13. The van der Waals surface area contributed by atoms with Gasteiger partial charge in [0.05, 0.1) is 5.69 Å². The number of halogens is 1. The molecule has 2 aromatic rings. The number of nitrogens with one attached hydrogen (secondary N) is 1. The van der Waals surface area contributed by atoms with Crippen molar-refractivity contribution in [2.24, 2.45) is 5.92 Å². The van der Waals surface area contributed by atoms with Gasteiger partial charge in [-0.15, -0.1) is 11.3 Å². The van der Waals surface area contributed by atoms with Crippen molar-refractivity contribution in [2.45, 2.75) is 32.1 Å². The molecule has 1 aromatic heterocycles. The van der Waals surface area contributed by atoms with Crippen LogP contribution in [-0.2, 0) is 11.2 Å². The number of carbonyl (C=O) groups is 1. The van der Waals surface area contributed by atoms with E-state index in [1.807, 2.05) is 5.38 Å². The Morgan fingerprint density at radius 3 is 2.73 bits per heavy atom. The Kier molecular flexibility index (Phi) is 4.83. The highest BCUT2D eigenvalue weighted by Crippen LogP contribution is 2.25. The predicted molar refractivity (Wildman–Crippen MR) is 86.2 cm³/mol. The molecule has 0 saturated heterocycles. The van der Waals surface area contributed by atoms with Gasteiger partial charge >= 0.3 is 0 Å². The third kappa shape index (κ3) is 3.71. The minimum atomic E-state index is -0.241. The van der Waals surface area contributed by atoms with Crippen LogP contribution in [0.5, 0.6) is 0 Å². The molecule has 1 saturated carbocycles. The summed E-state index contributed by atoms with van der Waals surface area (Å²) >= 11 is 1.55. The normalized spacial score (nSPS) is 15.1. The molecule has 5 heteroatoms. The Bertz CT molecular complexity index is 632. The molecule has 22 heavy (non-hydrogen) atoms. The number of hydrogen-bond acceptors (Lipinski definition) is 3. The van der Waals surface area contributed by atoms with Crippen LogP contribution in [0.1, 0.15) is 31.4 Å². The van der Waals surface area contributed by atoms with E-state index in [0.717, 1.165) is 35.5 Å². The lowest BCUT2D eigenvalue weighted by Crippen LogP contribution is -2.30. The van der Waals surface area contributed by atoms with Crippen LogP contribution in [0.15, 0.2) is 29.6 Å². The first-order valence-corrected chi connectivity index (χ1v) is 8.58. The summed E-state index contributed by atoms with van der Waals surface area (Å²) in [4.78, 5) is 16.5. The summed E-state index contributed by atoms with van der Waals surface area (Å²) < 4.78 is 12.9. The lowest BCUT2D eigenvalue weighted by atomic mass is 10.1. The molecule has 1 aromatic carbocycles. The van der Waals surface area contributed by atoms with Gasteiger partial charge in [0, 0.05) is 29.8 Å². The van der Waals surface area contributed by atoms with Gasteiger partial charge in [-0.2, -0.15) is 0 Å². The van der Waals surface area contributed by atoms with Crippen molar-refractivity contribution >= 4 is 17.2 Å². The summed E-state index contributed by atoms with van der Waals surface area (Å²) in [6, 6.07) is 6.36. The molecule has 1 fully saturated rings. The molecular weight excluding hydrogens is 299 g/mol. The molecule has 1 N–H and O–H groups in total. The molecule has 0 aliphatic heterocycles. The number of hydrogen-bond donors (Lipinski definition) is 1. The molecule has 1 amide bonds. The highest BCUT2D eigenvalue weighted by Gasteiger charge is 2.21. The Morgan fingerprint density at radius 2 is 2.00 bits per heavy atom. The van der Waals surface area contributed by atoms with Gasteiger partial charge in [0.1, 0.15) is 10.8 Å². The van der Waals surface area contributed by atoms with Crippen molar-refractivity contribution in [3.8, 4) is 10.6 Å². The number of carbonyl (C=O) groups excluding carboxylic acids is 1. The second kappa shape index (κ2) is 7.01. The van der Waals surface area contributed by atoms with E-state index in [1.165, 1.54) is 25.0 Å². The fourth-order valence-electron chi connectivity index (χ4n) is 2.79. The van der Waals surface area contributed by atoms with E-state index in [9.17, 15) is 9.18 Å². The molecule has 3 rings (SSSR count). The predicted octanol–water partition coefficient (Wildman–Crippen LogP) is 3.80. The highest BCUT2D eigenvalue weighted by molar-refractivity contribution is 7.13. The minimum absolute atomic E-state index is 0.187. The molecule has 0 unspecified atom stereocenters. The van der Waals surface area contributed by atoms with Crippen LogP contribution in [0.4, 0.5) is 4.39 Å². The van der Waals surface area contributed by atoms with Crippen LogP contribution in [0.25, 0.3) is 10.6 Å². The first kappa shape index (κ1) is 15.2. The Morgan fingerprint density at radius 1 is 1.27 bits per heavy atom. The Labute approximate surface area is 133 Å². The lowest BCUT2D eigenvalue weighted by molar-refractivity contribution is -0.124. The number of amides is 1. The average Bonchev–Trinajstić information content (AvgIpc) is 3.19. The summed E-state index contributed by atoms with van der Waals surface area (Å²) in [6.45, 7) is 0.627. The fourth-order valence-corrected chi connectivity index (χ4v) is 3.65. The highest BCUT2D eigenvalue weighted by atomic mass is 32.1. The molecule has 0 spiro atoms. The molecule has 3 nitrogen and oxygen atoms in total. The van der Waals surface area contributed by atoms with E-state index in [-0.39, 0.29) is 17.6 Å². The van der Waals surface area contributed by atoms with Gasteiger partial charge in [0.25, 0.3) is 0 Å². The maximum Gasteiger partial charge on any atom is 0.223 e. The zero-order valence-corrected chi connectivity index (χ0v) is 13.2. The largest absolute Gasteiger partial charge is 0.355 e. The third-order valence-corrected chi connectivity index (χ3v) is 4.99. The molecule has 1 aliphatic rings. The van der Waals surface area contributed by atoms with E-state index in [4.69, 9.17) is 0 Å². The van der Waals surface area contributed by atoms with E-state index in [2.05, 4.69) is 10.3 Å². The van der Waals surface area contributed by atoms with Gasteiger partial charge in [-0.05, 0) is 37.1 Å². The van der Waals surface area contributed by atoms with Gasteiger partial charge in [0.15, 0.2) is 0 Å². The van der Waals surface area contributed by atoms with Crippen molar-refractivity contribution in [1.82, 2.24) is 10.3 Å². The smallest absolute Gasteiger partial charge is 0.223 e. The molecule has 0 radical (unpaired) electrons. The van der Waals surface area contributed by atoms with E-state index in [0.29, 0.717) is 6.54 Å². The zero-order chi connectivity index (χ0) is 15.4. The fraction of sp³-hybridized carbons (Fsp3) is 0.412. The van der Waals surface area contributed by atoms with Gasteiger partial charge in [0.2, 0.25) is 5.91 Å². The van der Waals surface area contributed by atoms with Crippen molar-refractivity contribution in [3.05, 3.63) is 41.2 Å². The lowest BCUT2D eigenvalue weighted by Gasteiger charge is -2.09. The monoisotopic (exact) mass is 318 g/mol. The summed E-state index contributed by atoms with van der Waals surface area (Å²) in [5.41, 5.74) is 1.89. The molecule has 116 valence electrons. The Balaban J connectivity index is 1.51. The topological polar surface area (TPSA) is 42.0 Å². The molecule has 0 atom stereocenters. The zero-order valence-electron chi connectivity index (χ0n) is 12.3. The maximum atomic E-state index is 12.9. The van der Waals surface area contributed by atoms with Crippen LogP contribution in [0.3, 0.4) is 0 Å². The second-order valence-electron chi connectivity index (χ2n) is 5.67. The van der Waals surface area contributed by atoms with Crippen LogP contribution in [0, 0.1) is 11.7 Å². The van der Waals surface area contributed by atoms with Crippen LogP contribution in [0.2, 0.25) is 0 Å². The molecule has 1 aliphatic carbocycles. The van der Waals surface area contributed by atoms with Gasteiger partial charge < -0.3 is 5.32 Å². The molecule has 0 bridgehead atoms. The average molecular weight is 318 g/mol. The van der Waals surface area contributed by atoms with Crippen LogP contribution < -0.4 is 5.32 Å². The number of rotatable bonds is 5. The molecule has 1 heterocycles. The SMILES string of the molecule is O=C(NCCc1csc(-c2ccc(F)cc2)n1)C1CCCC1. The first-order chi connectivity index (χ1) is 10.7. The third-order valence-electron chi connectivity index (χ3n) is 4.05. The summed E-state index contributed by atoms with van der Waals surface area (Å²) in [5.74, 6) is 0.159. The summed E-state index contributed by atoms with van der Waals surface area (Å²) in [7, 11) is 0. The van der Waals surface area contributed by atoms with Crippen LogP contribution in [-0.4, -0.2) is 17.4 Å². The number of aromatic nitrogens is 1. The van der Waals surface area contributed by atoms with E-state index >= 15 is 0 Å². The van der Waals surface area contributed by atoms with Gasteiger partial charge in [-0.25, -0.2) is 9.37 Å². The van der Waals surface area contributed by atoms with Crippen molar-refractivity contribution < 1.29 is 9.18 Å². The van der Waals surface area contributed by atoms with Crippen molar-refractivity contribution in [1.29, 1.82) is 0 Å². The van der Waals surface area contributed by atoms with Crippen LogP contribution >= 0.6 is 11.3 Å². The quantitative estimate of drug-likeness (QED) is 0.911. The Hall–Kier alpha value is -1.75.